The molecule has 1 aliphatic carbocycles. The van der Waals surface area contributed by atoms with Gasteiger partial charge in [-0.2, -0.15) is 10.1 Å². The van der Waals surface area contributed by atoms with E-state index in [1.54, 1.807) is 18.2 Å². The number of nitrogens with zero attached hydrogens (tertiary/aromatic N) is 7. The van der Waals surface area contributed by atoms with Gasteiger partial charge in [0, 0.05) is 38.3 Å². The number of benzene rings is 2. The van der Waals surface area contributed by atoms with E-state index in [-0.39, 0.29) is 6.42 Å². The summed E-state index contributed by atoms with van der Waals surface area (Å²) in [4.78, 5) is 16.9. The molecule has 1 heterocycles. The van der Waals surface area contributed by atoms with E-state index in [0.29, 0.717) is 43.1 Å². The number of aliphatic carboxylic acids is 1. The molecule has 10 heteroatoms. The quantitative estimate of drug-likeness (QED) is 0.294. The van der Waals surface area contributed by atoms with E-state index in [1.165, 1.54) is 15.9 Å². The minimum absolute atomic E-state index is 0.170. The van der Waals surface area contributed by atoms with Crippen LogP contribution in [0.2, 0.25) is 0 Å². The van der Waals surface area contributed by atoms with Crippen molar-refractivity contribution in [1.82, 2.24) is 20.2 Å². The van der Waals surface area contributed by atoms with Crippen molar-refractivity contribution < 1.29 is 14.3 Å². The van der Waals surface area contributed by atoms with Gasteiger partial charge < -0.3 is 14.9 Å². The topological polar surface area (TPSA) is 111 Å². The molecule has 1 N–H and O–H groups in total. The first-order valence-corrected chi connectivity index (χ1v) is 13.7. The normalized spacial score (nSPS) is 12.3. The number of halogens is 1. The molecule has 0 bridgehead atoms. The van der Waals surface area contributed by atoms with Crippen LogP contribution >= 0.6 is 0 Å². The van der Waals surface area contributed by atoms with Crippen molar-refractivity contribution in [3.8, 4) is 6.07 Å². The highest BCUT2D eigenvalue weighted by molar-refractivity contribution is 5.66. The number of carboxylic acids is 1. The molecule has 4 rings (SSSR count). The molecule has 0 fully saturated rings. The molecular formula is C29H36FN7O2. The molecule has 0 saturated carbocycles. The predicted octanol–water partition coefficient (Wildman–Crippen LogP) is 4.81. The maximum Gasteiger partial charge on any atom is 0.303 e. The lowest BCUT2D eigenvalue weighted by Gasteiger charge is -2.29. The second-order valence-electron chi connectivity index (χ2n) is 9.95. The number of tetrazole rings is 1. The van der Waals surface area contributed by atoms with Crippen LogP contribution < -0.4 is 9.80 Å². The summed E-state index contributed by atoms with van der Waals surface area (Å²) < 4.78 is 13.6. The van der Waals surface area contributed by atoms with Crippen LogP contribution in [0.3, 0.4) is 0 Å². The van der Waals surface area contributed by atoms with E-state index < -0.39 is 12.6 Å². The third kappa shape index (κ3) is 7.11. The van der Waals surface area contributed by atoms with Crippen molar-refractivity contribution in [2.75, 3.05) is 22.9 Å². The Morgan fingerprint density at radius 1 is 1.08 bits per heavy atom. The van der Waals surface area contributed by atoms with Gasteiger partial charge in [0.1, 0.15) is 6.67 Å². The molecule has 1 aliphatic rings. The Hall–Kier alpha value is -4.00. The van der Waals surface area contributed by atoms with Crippen molar-refractivity contribution in [2.45, 2.75) is 78.7 Å². The van der Waals surface area contributed by atoms with Crippen LogP contribution in [-0.2, 0) is 43.9 Å². The third-order valence-electron chi connectivity index (χ3n) is 7.16. The molecule has 0 amide bonds. The Kier molecular flexibility index (Phi) is 9.47. The average molecular weight is 534 g/mol. The summed E-state index contributed by atoms with van der Waals surface area (Å²) in [6, 6.07) is 11.8. The first-order valence-electron chi connectivity index (χ1n) is 13.7. The van der Waals surface area contributed by atoms with Crippen LogP contribution in [0.4, 0.5) is 16.0 Å². The summed E-state index contributed by atoms with van der Waals surface area (Å²) in [6.45, 7) is 6.46. The fraction of sp³-hybridized carbons (Fsp3) is 0.483. The van der Waals surface area contributed by atoms with Crippen LogP contribution in [-0.4, -0.2) is 44.4 Å². The van der Waals surface area contributed by atoms with Gasteiger partial charge in [-0.25, -0.2) is 4.39 Å². The number of aromatic nitrogens is 4. The molecule has 9 nitrogen and oxygen atoms in total. The number of nitriles is 1. The number of hydrogen-bond acceptors (Lipinski definition) is 7. The van der Waals surface area contributed by atoms with Crippen LogP contribution in [0.5, 0.6) is 0 Å². The molecule has 0 atom stereocenters. The van der Waals surface area contributed by atoms with E-state index in [2.05, 4.69) is 45.4 Å². The SMILES string of the molecule is CCN(CCCCC(=O)O)c1cc2c(cc1CN(Cc1cc(C#N)cc(CF)c1)c1nnn(CC)n1)CCC2. The Morgan fingerprint density at radius 3 is 2.51 bits per heavy atom. The number of anilines is 2. The van der Waals surface area contributed by atoms with E-state index in [4.69, 9.17) is 5.11 Å². The molecular weight excluding hydrogens is 497 g/mol. The zero-order chi connectivity index (χ0) is 27.8. The van der Waals surface area contributed by atoms with Crippen LogP contribution in [0.15, 0.2) is 30.3 Å². The molecule has 0 aliphatic heterocycles. The Bertz CT molecular complexity index is 1330. The van der Waals surface area contributed by atoms with Crippen molar-refractivity contribution in [1.29, 1.82) is 5.26 Å². The number of carboxylic acid groups (broad SMARTS) is 1. The highest BCUT2D eigenvalue weighted by Crippen LogP contribution is 2.33. The highest BCUT2D eigenvalue weighted by atomic mass is 19.1. The van der Waals surface area contributed by atoms with E-state index in [1.807, 2.05) is 11.8 Å². The lowest BCUT2D eigenvalue weighted by molar-refractivity contribution is -0.137. The summed E-state index contributed by atoms with van der Waals surface area (Å²) in [7, 11) is 0. The average Bonchev–Trinajstić information content (AvgIpc) is 3.61. The van der Waals surface area contributed by atoms with Crippen LogP contribution in [0.1, 0.15) is 72.9 Å². The van der Waals surface area contributed by atoms with Gasteiger partial charge in [0.15, 0.2) is 0 Å². The lowest BCUT2D eigenvalue weighted by Crippen LogP contribution is -2.29. The zero-order valence-corrected chi connectivity index (χ0v) is 22.7. The number of fused-ring (bicyclic) bond motifs is 1. The number of alkyl halides is 1. The van der Waals surface area contributed by atoms with Gasteiger partial charge in [-0.3, -0.25) is 4.79 Å². The largest absolute Gasteiger partial charge is 0.481 e. The van der Waals surface area contributed by atoms with Gasteiger partial charge in [-0.1, -0.05) is 17.2 Å². The van der Waals surface area contributed by atoms with Crippen molar-refractivity contribution >= 4 is 17.6 Å². The molecule has 206 valence electrons. The summed E-state index contributed by atoms with van der Waals surface area (Å²) >= 11 is 0. The molecule has 1 aromatic heterocycles. The lowest BCUT2D eigenvalue weighted by atomic mass is 10.0. The van der Waals surface area contributed by atoms with E-state index >= 15 is 0 Å². The van der Waals surface area contributed by atoms with E-state index in [9.17, 15) is 14.4 Å². The molecule has 39 heavy (non-hydrogen) atoms. The van der Waals surface area contributed by atoms with Gasteiger partial charge in [0.2, 0.25) is 0 Å². The Balaban J connectivity index is 1.69. The Labute approximate surface area is 228 Å². The second kappa shape index (κ2) is 13.2. The molecule has 0 spiro atoms. The number of aryl methyl sites for hydroxylation is 3. The molecule has 2 aromatic carbocycles. The fourth-order valence-corrected chi connectivity index (χ4v) is 5.23. The van der Waals surface area contributed by atoms with Crippen LogP contribution in [0, 0.1) is 11.3 Å². The summed E-state index contributed by atoms with van der Waals surface area (Å²) in [5.41, 5.74) is 6.68. The number of carbonyl (C=O) groups is 1. The molecule has 0 radical (unpaired) electrons. The van der Waals surface area contributed by atoms with Gasteiger partial charge in [-0.15, -0.1) is 5.10 Å². The Morgan fingerprint density at radius 2 is 1.85 bits per heavy atom. The first kappa shape index (κ1) is 28.0. The minimum Gasteiger partial charge on any atom is -0.481 e. The standard InChI is InChI=1S/C29H36FN7O2/c1-3-35(11-6-5-10-28(38)39)27-16-25-9-7-8-24(25)15-26(27)20-36(29-32-34-37(4-2)33-29)19-23-13-21(17-30)12-22(14-23)18-31/h12-16H,3-11,17,19-20H2,1-2H3,(H,38,39). The minimum atomic E-state index is -0.768. The van der Waals surface area contributed by atoms with Gasteiger partial charge in [0.25, 0.3) is 5.95 Å². The van der Waals surface area contributed by atoms with E-state index in [0.717, 1.165) is 55.6 Å². The highest BCUT2D eigenvalue weighted by Gasteiger charge is 2.22. The number of unbranched alkanes of at least 4 members (excludes halogenated alkanes) is 1. The van der Waals surface area contributed by atoms with Gasteiger partial charge in [-0.05, 0) is 97.2 Å². The monoisotopic (exact) mass is 533 g/mol. The first-order chi connectivity index (χ1) is 18.9. The predicted molar refractivity (Wildman–Crippen MR) is 147 cm³/mol. The van der Waals surface area contributed by atoms with Gasteiger partial charge in [0.05, 0.1) is 18.2 Å². The summed E-state index contributed by atoms with van der Waals surface area (Å²) in [5.74, 6) is -0.298. The molecule has 0 saturated heterocycles. The number of rotatable bonds is 14. The molecule has 3 aromatic rings. The smallest absolute Gasteiger partial charge is 0.303 e. The molecule has 0 unspecified atom stereocenters. The van der Waals surface area contributed by atoms with Crippen molar-refractivity contribution in [2.24, 2.45) is 0 Å². The van der Waals surface area contributed by atoms with Crippen molar-refractivity contribution in [3.05, 3.63) is 63.7 Å². The van der Waals surface area contributed by atoms with Crippen LogP contribution in [0.25, 0.3) is 0 Å². The third-order valence-corrected chi connectivity index (χ3v) is 7.16. The second-order valence-corrected chi connectivity index (χ2v) is 9.95. The summed E-state index contributed by atoms with van der Waals surface area (Å²) in [5, 5.41) is 31.6. The zero-order valence-electron chi connectivity index (χ0n) is 22.7. The van der Waals surface area contributed by atoms with Crippen molar-refractivity contribution in [3.63, 3.8) is 0 Å². The maximum atomic E-state index is 13.6. The maximum absolute atomic E-state index is 13.6. The fourth-order valence-electron chi connectivity index (χ4n) is 5.23. The number of hydrogen-bond donors (Lipinski definition) is 1. The summed E-state index contributed by atoms with van der Waals surface area (Å²) in [6.07, 6.45) is 4.83. The van der Waals surface area contributed by atoms with Gasteiger partial charge >= 0.3 is 5.97 Å².